The van der Waals surface area contributed by atoms with Gasteiger partial charge in [-0.05, 0) is 41.8 Å². The summed E-state index contributed by atoms with van der Waals surface area (Å²) in [4.78, 5) is 23.7. The molecule has 0 aromatic heterocycles. The number of benzene rings is 2. The van der Waals surface area contributed by atoms with Gasteiger partial charge in [0.1, 0.15) is 5.69 Å². The number of hydrogen-bond donors (Lipinski definition) is 1. The Balaban J connectivity index is 1.94. The summed E-state index contributed by atoms with van der Waals surface area (Å²) in [5.74, 6) is 0. The van der Waals surface area contributed by atoms with E-state index in [-0.39, 0.29) is 0 Å². The molecule has 3 rings (SSSR count). The SMILES string of the molecule is CCc1ccc(Nc2c(-c3ccc(Cl)cc3)c(=O)c2=O)cc1. The van der Waals surface area contributed by atoms with E-state index in [0.717, 1.165) is 12.1 Å². The largest absolute Gasteiger partial charge is 0.352 e. The maximum atomic E-state index is 11.9. The second-order valence-corrected chi connectivity index (χ2v) is 5.53. The third-order valence-corrected chi connectivity index (χ3v) is 3.93. The number of anilines is 2. The van der Waals surface area contributed by atoms with Crippen LogP contribution in [-0.4, -0.2) is 0 Å². The van der Waals surface area contributed by atoms with E-state index >= 15 is 0 Å². The number of halogens is 1. The van der Waals surface area contributed by atoms with Gasteiger partial charge in [0.25, 0.3) is 5.43 Å². The van der Waals surface area contributed by atoms with Gasteiger partial charge in [-0.25, -0.2) is 0 Å². The first kappa shape index (κ1) is 14.5. The molecular formula is C18H14ClNO2. The number of aryl methyl sites for hydroxylation is 1. The molecule has 0 spiro atoms. The Hall–Kier alpha value is -2.39. The van der Waals surface area contributed by atoms with Gasteiger partial charge in [0, 0.05) is 10.7 Å². The van der Waals surface area contributed by atoms with Crippen molar-refractivity contribution in [3.63, 3.8) is 0 Å². The Bertz CT molecular complexity index is 873. The lowest BCUT2D eigenvalue weighted by Gasteiger charge is -2.13. The fourth-order valence-corrected chi connectivity index (χ4v) is 2.50. The minimum atomic E-state index is -0.482. The lowest BCUT2D eigenvalue weighted by atomic mass is 9.98. The molecule has 0 radical (unpaired) electrons. The van der Waals surface area contributed by atoms with Crippen LogP contribution in [-0.2, 0) is 6.42 Å². The predicted octanol–water partition coefficient (Wildman–Crippen LogP) is 3.91. The van der Waals surface area contributed by atoms with Gasteiger partial charge in [0.15, 0.2) is 0 Å². The Morgan fingerprint density at radius 2 is 1.55 bits per heavy atom. The lowest BCUT2D eigenvalue weighted by Crippen LogP contribution is -2.35. The molecule has 3 aromatic carbocycles. The summed E-state index contributed by atoms with van der Waals surface area (Å²) in [7, 11) is 0. The van der Waals surface area contributed by atoms with Gasteiger partial charge in [-0.15, -0.1) is 0 Å². The normalized spacial score (nSPS) is 10.8. The monoisotopic (exact) mass is 311 g/mol. The Morgan fingerprint density at radius 1 is 0.909 bits per heavy atom. The van der Waals surface area contributed by atoms with Gasteiger partial charge in [-0.3, -0.25) is 9.59 Å². The average molecular weight is 312 g/mol. The van der Waals surface area contributed by atoms with E-state index in [0.29, 0.717) is 21.8 Å². The van der Waals surface area contributed by atoms with Crippen molar-refractivity contribution < 1.29 is 0 Å². The van der Waals surface area contributed by atoms with Crippen molar-refractivity contribution in [2.75, 3.05) is 5.32 Å². The van der Waals surface area contributed by atoms with Crippen LogP contribution in [0.5, 0.6) is 0 Å². The van der Waals surface area contributed by atoms with Crippen molar-refractivity contribution in [3.8, 4) is 11.1 Å². The third kappa shape index (κ3) is 2.55. The van der Waals surface area contributed by atoms with Crippen LogP contribution >= 0.6 is 11.6 Å². The Kier molecular flexibility index (Phi) is 3.82. The molecule has 3 nitrogen and oxygen atoms in total. The van der Waals surface area contributed by atoms with Crippen molar-refractivity contribution in [2.45, 2.75) is 13.3 Å². The fraction of sp³-hybridized carbons (Fsp3) is 0.111. The molecule has 0 amide bonds. The maximum Gasteiger partial charge on any atom is 0.250 e. The summed E-state index contributed by atoms with van der Waals surface area (Å²) in [5.41, 5.74) is 2.52. The van der Waals surface area contributed by atoms with Crippen LogP contribution in [0.15, 0.2) is 58.1 Å². The van der Waals surface area contributed by atoms with Crippen molar-refractivity contribution in [1.29, 1.82) is 0 Å². The Labute approximate surface area is 132 Å². The summed E-state index contributed by atoms with van der Waals surface area (Å²) >= 11 is 5.85. The van der Waals surface area contributed by atoms with E-state index in [9.17, 15) is 9.59 Å². The van der Waals surface area contributed by atoms with Crippen LogP contribution in [0.1, 0.15) is 12.5 Å². The topological polar surface area (TPSA) is 46.2 Å². The van der Waals surface area contributed by atoms with Crippen LogP contribution in [0.2, 0.25) is 5.02 Å². The highest BCUT2D eigenvalue weighted by Crippen LogP contribution is 2.27. The standard InChI is InChI=1S/C18H14ClNO2/c1-2-11-3-9-14(10-4-11)20-16-15(17(21)18(16)22)12-5-7-13(19)8-6-12/h3-10,20H,2H2,1H3. The molecule has 0 heterocycles. The lowest BCUT2D eigenvalue weighted by molar-refractivity contribution is 1.14. The molecule has 0 atom stereocenters. The average Bonchev–Trinajstić information content (AvgIpc) is 2.56. The highest BCUT2D eigenvalue weighted by molar-refractivity contribution is 6.30. The van der Waals surface area contributed by atoms with E-state index in [4.69, 9.17) is 11.6 Å². The van der Waals surface area contributed by atoms with Crippen molar-refractivity contribution in [2.24, 2.45) is 0 Å². The van der Waals surface area contributed by atoms with Crippen molar-refractivity contribution in [3.05, 3.63) is 79.6 Å². The zero-order valence-corrected chi connectivity index (χ0v) is 12.8. The molecule has 1 N–H and O–H groups in total. The first-order valence-electron chi connectivity index (χ1n) is 7.05. The second-order valence-electron chi connectivity index (χ2n) is 5.09. The number of nitrogens with one attached hydrogen (secondary N) is 1. The van der Waals surface area contributed by atoms with Gasteiger partial charge >= 0.3 is 0 Å². The maximum absolute atomic E-state index is 11.9. The third-order valence-electron chi connectivity index (χ3n) is 3.67. The summed E-state index contributed by atoms with van der Waals surface area (Å²) in [5, 5.41) is 3.64. The first-order valence-corrected chi connectivity index (χ1v) is 7.43. The summed E-state index contributed by atoms with van der Waals surface area (Å²) in [6.07, 6.45) is 0.955. The molecule has 0 aliphatic carbocycles. The highest BCUT2D eigenvalue weighted by Gasteiger charge is 2.22. The summed E-state index contributed by atoms with van der Waals surface area (Å²) in [6, 6.07) is 14.7. The highest BCUT2D eigenvalue weighted by atomic mass is 35.5. The van der Waals surface area contributed by atoms with Gasteiger partial charge in [-0.2, -0.15) is 0 Å². The number of hydrogen-bond acceptors (Lipinski definition) is 3. The molecule has 0 aliphatic heterocycles. The van der Waals surface area contributed by atoms with Gasteiger partial charge in [0.05, 0.1) is 5.56 Å². The van der Waals surface area contributed by atoms with Crippen molar-refractivity contribution >= 4 is 23.0 Å². The molecule has 0 aliphatic rings. The van der Waals surface area contributed by atoms with E-state index in [1.807, 2.05) is 24.3 Å². The molecule has 110 valence electrons. The predicted molar refractivity (Wildman–Crippen MR) is 90.9 cm³/mol. The molecule has 0 bridgehead atoms. The smallest absolute Gasteiger partial charge is 0.250 e. The summed E-state index contributed by atoms with van der Waals surface area (Å²) in [6.45, 7) is 2.08. The van der Waals surface area contributed by atoms with Crippen LogP contribution in [0, 0.1) is 0 Å². The minimum absolute atomic E-state index is 0.344. The first-order chi connectivity index (χ1) is 10.6. The molecule has 0 saturated heterocycles. The molecule has 4 heteroatoms. The zero-order valence-electron chi connectivity index (χ0n) is 12.0. The van der Waals surface area contributed by atoms with Crippen LogP contribution in [0.25, 0.3) is 11.1 Å². The van der Waals surface area contributed by atoms with Crippen LogP contribution in [0.3, 0.4) is 0 Å². The van der Waals surface area contributed by atoms with Gasteiger partial charge in [0.2, 0.25) is 5.43 Å². The van der Waals surface area contributed by atoms with Crippen LogP contribution in [0.4, 0.5) is 11.4 Å². The molecule has 3 aromatic rings. The van der Waals surface area contributed by atoms with E-state index in [1.165, 1.54) is 5.56 Å². The molecular weight excluding hydrogens is 298 g/mol. The summed E-state index contributed by atoms with van der Waals surface area (Å²) < 4.78 is 0. The molecule has 22 heavy (non-hydrogen) atoms. The molecule has 0 fully saturated rings. The Morgan fingerprint density at radius 3 is 2.14 bits per heavy atom. The fourth-order valence-electron chi connectivity index (χ4n) is 2.37. The number of rotatable bonds is 4. The van der Waals surface area contributed by atoms with E-state index in [1.54, 1.807) is 24.3 Å². The van der Waals surface area contributed by atoms with Gasteiger partial charge < -0.3 is 5.32 Å². The van der Waals surface area contributed by atoms with Crippen molar-refractivity contribution in [1.82, 2.24) is 0 Å². The zero-order chi connectivity index (χ0) is 15.7. The van der Waals surface area contributed by atoms with Gasteiger partial charge in [-0.1, -0.05) is 42.8 Å². The minimum Gasteiger partial charge on any atom is -0.352 e. The molecule has 0 saturated carbocycles. The van der Waals surface area contributed by atoms with E-state index < -0.39 is 10.9 Å². The second kappa shape index (κ2) is 5.78. The van der Waals surface area contributed by atoms with E-state index in [2.05, 4.69) is 12.2 Å². The van der Waals surface area contributed by atoms with Crippen LogP contribution < -0.4 is 16.2 Å². The quantitative estimate of drug-likeness (QED) is 0.743. The molecule has 0 unspecified atom stereocenters.